The van der Waals surface area contributed by atoms with Crippen LogP contribution in [0.25, 0.3) is 0 Å². The number of rotatable bonds is 1. The summed E-state index contributed by atoms with van der Waals surface area (Å²) in [5.41, 5.74) is 1.22. The van der Waals surface area contributed by atoms with Crippen molar-refractivity contribution >= 4 is 11.6 Å². The minimum absolute atomic E-state index is 0.0883. The topological polar surface area (TPSA) is 9.23 Å². The van der Waals surface area contributed by atoms with Crippen molar-refractivity contribution in [3.05, 3.63) is 22.8 Å². The molecule has 56 valence electrons. The molecular formula is C8H11ClO. The molecule has 1 nitrogen and oxygen atoms in total. The number of halogens is 1. The lowest BCUT2D eigenvalue weighted by atomic mass is 10.1. The third-order valence-electron chi connectivity index (χ3n) is 1.61. The molecule has 0 heterocycles. The Morgan fingerprint density at radius 1 is 1.70 bits per heavy atom. The lowest BCUT2D eigenvalue weighted by Crippen LogP contribution is -2.12. The molecule has 0 aromatic carbocycles. The summed E-state index contributed by atoms with van der Waals surface area (Å²) < 4.78 is 5.11. The van der Waals surface area contributed by atoms with Crippen LogP contribution in [0.3, 0.4) is 0 Å². The highest BCUT2D eigenvalue weighted by Crippen LogP contribution is 2.22. The van der Waals surface area contributed by atoms with E-state index >= 15 is 0 Å². The van der Waals surface area contributed by atoms with E-state index in [1.165, 1.54) is 5.57 Å². The van der Waals surface area contributed by atoms with Crippen molar-refractivity contribution < 1.29 is 4.74 Å². The monoisotopic (exact) mass is 158 g/mol. The van der Waals surface area contributed by atoms with Gasteiger partial charge in [0.1, 0.15) is 0 Å². The molecule has 0 N–H and O–H groups in total. The molecule has 0 aromatic rings. The van der Waals surface area contributed by atoms with Gasteiger partial charge >= 0.3 is 0 Å². The first-order valence-electron chi connectivity index (χ1n) is 3.30. The Morgan fingerprint density at radius 2 is 2.40 bits per heavy atom. The van der Waals surface area contributed by atoms with E-state index in [9.17, 15) is 0 Å². The predicted octanol–water partition coefficient (Wildman–Crippen LogP) is 2.47. The average Bonchev–Trinajstić information content (AvgIpc) is 1.88. The molecule has 10 heavy (non-hydrogen) atoms. The summed E-state index contributed by atoms with van der Waals surface area (Å²) in [5.74, 6) is 0. The van der Waals surface area contributed by atoms with Crippen LogP contribution < -0.4 is 0 Å². The Balaban J connectivity index is 2.68. The van der Waals surface area contributed by atoms with Crippen molar-refractivity contribution in [3.8, 4) is 0 Å². The molecule has 1 aliphatic carbocycles. The van der Waals surface area contributed by atoms with E-state index < -0.39 is 0 Å². The van der Waals surface area contributed by atoms with Crippen molar-refractivity contribution in [3.63, 3.8) is 0 Å². The van der Waals surface area contributed by atoms with Gasteiger partial charge in [-0.05, 0) is 19.4 Å². The van der Waals surface area contributed by atoms with Crippen LogP contribution in [-0.2, 0) is 4.74 Å². The lowest BCUT2D eigenvalue weighted by molar-refractivity contribution is 0.138. The number of allylic oxidation sites excluding steroid dienone is 2. The molecule has 0 saturated heterocycles. The van der Waals surface area contributed by atoms with Gasteiger partial charge in [-0.25, -0.2) is 0 Å². The molecule has 1 atom stereocenters. The van der Waals surface area contributed by atoms with Crippen LogP contribution in [0.5, 0.6) is 0 Å². The maximum absolute atomic E-state index is 5.87. The summed E-state index contributed by atoms with van der Waals surface area (Å²) in [7, 11) is 1.68. The summed E-state index contributed by atoms with van der Waals surface area (Å²) in [4.78, 5) is 0. The van der Waals surface area contributed by atoms with Crippen LogP contribution in [-0.4, -0.2) is 13.2 Å². The van der Waals surface area contributed by atoms with E-state index in [0.29, 0.717) is 0 Å². The molecule has 0 fully saturated rings. The standard InChI is InChI=1S/C8H11ClO/c1-6-3-4-8(10-2)7(9)5-6/h3,5,8H,4H2,1-2H3. The Morgan fingerprint density at radius 3 is 2.90 bits per heavy atom. The summed E-state index contributed by atoms with van der Waals surface area (Å²) >= 11 is 5.87. The van der Waals surface area contributed by atoms with E-state index in [1.807, 2.05) is 13.0 Å². The third-order valence-corrected chi connectivity index (χ3v) is 1.96. The smallest absolute Gasteiger partial charge is 0.0961 e. The first kappa shape index (κ1) is 7.83. The van der Waals surface area contributed by atoms with Gasteiger partial charge in [0.25, 0.3) is 0 Å². The van der Waals surface area contributed by atoms with Crippen LogP contribution in [0, 0.1) is 0 Å². The fourth-order valence-corrected chi connectivity index (χ4v) is 1.33. The van der Waals surface area contributed by atoms with Gasteiger partial charge in [0, 0.05) is 12.1 Å². The maximum atomic E-state index is 5.87. The van der Waals surface area contributed by atoms with Crippen LogP contribution in [0.4, 0.5) is 0 Å². The van der Waals surface area contributed by atoms with Crippen molar-refractivity contribution in [2.45, 2.75) is 19.4 Å². The minimum atomic E-state index is 0.0883. The number of hydrogen-bond acceptors (Lipinski definition) is 1. The minimum Gasteiger partial charge on any atom is -0.376 e. The quantitative estimate of drug-likeness (QED) is 0.570. The van der Waals surface area contributed by atoms with Crippen LogP contribution in [0.1, 0.15) is 13.3 Å². The van der Waals surface area contributed by atoms with Gasteiger partial charge in [-0.1, -0.05) is 23.3 Å². The molecular weight excluding hydrogens is 148 g/mol. The summed E-state index contributed by atoms with van der Waals surface area (Å²) in [6.45, 7) is 2.04. The Labute approximate surface area is 66.3 Å². The molecule has 1 aliphatic rings. The summed E-state index contributed by atoms with van der Waals surface area (Å²) in [6, 6.07) is 0. The van der Waals surface area contributed by atoms with Gasteiger partial charge in [-0.3, -0.25) is 0 Å². The SMILES string of the molecule is COC1CC=C(C)C=C1Cl. The largest absolute Gasteiger partial charge is 0.376 e. The Kier molecular flexibility index (Phi) is 2.52. The molecule has 0 amide bonds. The third kappa shape index (κ3) is 1.61. The first-order chi connectivity index (χ1) is 4.74. The number of methoxy groups -OCH3 is 1. The van der Waals surface area contributed by atoms with Gasteiger partial charge in [-0.15, -0.1) is 0 Å². The second-order valence-corrected chi connectivity index (χ2v) is 2.87. The number of hydrogen-bond donors (Lipinski definition) is 0. The van der Waals surface area contributed by atoms with Crippen LogP contribution in [0.15, 0.2) is 22.8 Å². The molecule has 0 spiro atoms. The molecule has 1 unspecified atom stereocenters. The second kappa shape index (κ2) is 3.22. The Bertz CT molecular complexity index is 182. The summed E-state index contributed by atoms with van der Waals surface area (Å²) in [6.07, 6.45) is 5.06. The zero-order valence-corrected chi connectivity index (χ0v) is 6.98. The van der Waals surface area contributed by atoms with Gasteiger partial charge in [0.05, 0.1) is 6.10 Å². The highest BCUT2D eigenvalue weighted by Gasteiger charge is 2.13. The average molecular weight is 159 g/mol. The van der Waals surface area contributed by atoms with E-state index in [-0.39, 0.29) is 6.10 Å². The zero-order chi connectivity index (χ0) is 7.56. The summed E-state index contributed by atoms with van der Waals surface area (Å²) in [5, 5.41) is 0.808. The van der Waals surface area contributed by atoms with Gasteiger partial charge in [0.15, 0.2) is 0 Å². The lowest BCUT2D eigenvalue weighted by Gasteiger charge is -2.16. The van der Waals surface area contributed by atoms with E-state index in [4.69, 9.17) is 16.3 Å². The van der Waals surface area contributed by atoms with Crippen LogP contribution >= 0.6 is 11.6 Å². The van der Waals surface area contributed by atoms with E-state index in [1.54, 1.807) is 7.11 Å². The highest BCUT2D eigenvalue weighted by atomic mass is 35.5. The Hall–Kier alpha value is -0.270. The zero-order valence-electron chi connectivity index (χ0n) is 6.23. The van der Waals surface area contributed by atoms with Crippen LogP contribution in [0.2, 0.25) is 0 Å². The second-order valence-electron chi connectivity index (χ2n) is 2.44. The van der Waals surface area contributed by atoms with Gasteiger partial charge < -0.3 is 4.74 Å². The normalized spacial score (nSPS) is 25.7. The van der Waals surface area contributed by atoms with Gasteiger partial charge in [0.2, 0.25) is 0 Å². The van der Waals surface area contributed by atoms with E-state index in [0.717, 1.165) is 11.5 Å². The molecule has 0 saturated carbocycles. The van der Waals surface area contributed by atoms with Crippen molar-refractivity contribution in [2.24, 2.45) is 0 Å². The predicted molar refractivity (Wildman–Crippen MR) is 43.1 cm³/mol. The first-order valence-corrected chi connectivity index (χ1v) is 3.68. The molecule has 1 rings (SSSR count). The molecule has 0 aromatic heterocycles. The molecule has 0 aliphatic heterocycles. The van der Waals surface area contributed by atoms with Gasteiger partial charge in [-0.2, -0.15) is 0 Å². The molecule has 0 bridgehead atoms. The maximum Gasteiger partial charge on any atom is 0.0961 e. The molecule has 2 heteroatoms. The fourth-order valence-electron chi connectivity index (χ4n) is 0.984. The van der Waals surface area contributed by atoms with E-state index in [2.05, 4.69) is 6.08 Å². The highest BCUT2D eigenvalue weighted by molar-refractivity contribution is 6.30. The molecule has 0 radical (unpaired) electrons. The number of ether oxygens (including phenoxy) is 1. The fraction of sp³-hybridized carbons (Fsp3) is 0.500. The van der Waals surface area contributed by atoms with Crippen molar-refractivity contribution in [1.29, 1.82) is 0 Å². The van der Waals surface area contributed by atoms with Crippen molar-refractivity contribution in [2.75, 3.05) is 7.11 Å². The van der Waals surface area contributed by atoms with Crippen molar-refractivity contribution in [1.82, 2.24) is 0 Å².